The van der Waals surface area contributed by atoms with E-state index in [9.17, 15) is 4.79 Å². The summed E-state index contributed by atoms with van der Waals surface area (Å²) in [5.41, 5.74) is 0.691. The monoisotopic (exact) mass is 388 g/mol. The van der Waals surface area contributed by atoms with Crippen molar-refractivity contribution in [2.24, 2.45) is 0 Å². The van der Waals surface area contributed by atoms with Gasteiger partial charge in [-0.05, 0) is 31.4 Å². The Morgan fingerprint density at radius 2 is 2.22 bits per heavy atom. The molecule has 0 saturated carbocycles. The van der Waals surface area contributed by atoms with E-state index in [0.717, 1.165) is 37.2 Å². The van der Waals surface area contributed by atoms with Gasteiger partial charge in [0.2, 0.25) is 11.7 Å². The fourth-order valence-electron chi connectivity index (χ4n) is 2.93. The number of hydrogen-bond acceptors (Lipinski definition) is 8. The van der Waals surface area contributed by atoms with Gasteiger partial charge in [-0.2, -0.15) is 4.98 Å². The standard InChI is InChI=1S/C17H20N6O3S/c24-16-20-21-17(23(16)11-13-3-1-9-25-13)27-10-2-4-14-19-15(22-26-14)12-5-7-18-8-6-12/h5-8,13H,1-4,9-11H2,(H,20,24). The maximum atomic E-state index is 12.0. The van der Waals surface area contributed by atoms with Crippen LogP contribution < -0.4 is 5.69 Å². The lowest BCUT2D eigenvalue weighted by molar-refractivity contribution is 0.0941. The van der Waals surface area contributed by atoms with Crippen molar-refractivity contribution in [3.63, 3.8) is 0 Å². The molecule has 9 nitrogen and oxygen atoms in total. The molecule has 1 aliphatic heterocycles. The number of thioether (sulfide) groups is 1. The molecule has 27 heavy (non-hydrogen) atoms. The Hall–Kier alpha value is -2.46. The van der Waals surface area contributed by atoms with Crippen molar-refractivity contribution < 1.29 is 9.26 Å². The number of nitrogens with zero attached hydrogens (tertiary/aromatic N) is 5. The molecule has 142 valence electrons. The van der Waals surface area contributed by atoms with Crippen molar-refractivity contribution in [1.29, 1.82) is 0 Å². The number of nitrogens with one attached hydrogen (secondary N) is 1. The molecule has 1 saturated heterocycles. The number of aromatic nitrogens is 6. The zero-order chi connectivity index (χ0) is 18.5. The highest BCUT2D eigenvalue weighted by Crippen LogP contribution is 2.20. The van der Waals surface area contributed by atoms with Gasteiger partial charge in [-0.1, -0.05) is 16.9 Å². The third-order valence-electron chi connectivity index (χ3n) is 4.31. The van der Waals surface area contributed by atoms with Crippen LogP contribution in [-0.2, 0) is 17.7 Å². The van der Waals surface area contributed by atoms with Gasteiger partial charge in [-0.3, -0.25) is 9.55 Å². The molecule has 0 aliphatic carbocycles. The van der Waals surface area contributed by atoms with Crippen LogP contribution in [0.3, 0.4) is 0 Å². The van der Waals surface area contributed by atoms with Gasteiger partial charge < -0.3 is 9.26 Å². The molecule has 0 amide bonds. The van der Waals surface area contributed by atoms with Crippen LogP contribution in [0.5, 0.6) is 0 Å². The third-order valence-corrected chi connectivity index (χ3v) is 5.37. The molecule has 1 unspecified atom stereocenters. The first kappa shape index (κ1) is 17.9. The molecule has 10 heteroatoms. The summed E-state index contributed by atoms with van der Waals surface area (Å²) < 4.78 is 12.6. The van der Waals surface area contributed by atoms with Gasteiger partial charge in [-0.15, -0.1) is 5.10 Å². The Bertz CT molecular complexity index is 916. The number of aryl methyl sites for hydroxylation is 1. The number of aromatic amines is 1. The van der Waals surface area contributed by atoms with Gasteiger partial charge in [0.25, 0.3) is 0 Å². The maximum absolute atomic E-state index is 12.0. The number of pyridine rings is 1. The Kier molecular flexibility index (Phi) is 5.64. The van der Waals surface area contributed by atoms with Crippen molar-refractivity contribution in [3.8, 4) is 11.4 Å². The molecule has 4 rings (SSSR count). The summed E-state index contributed by atoms with van der Waals surface area (Å²) in [4.78, 5) is 20.3. The van der Waals surface area contributed by atoms with Gasteiger partial charge in [0.05, 0.1) is 12.6 Å². The number of hydrogen-bond donors (Lipinski definition) is 1. The summed E-state index contributed by atoms with van der Waals surface area (Å²) in [7, 11) is 0. The smallest absolute Gasteiger partial charge is 0.344 e. The Balaban J connectivity index is 1.28. The lowest BCUT2D eigenvalue weighted by Gasteiger charge is -2.10. The molecule has 3 aromatic rings. The highest BCUT2D eigenvalue weighted by molar-refractivity contribution is 7.99. The highest BCUT2D eigenvalue weighted by Gasteiger charge is 2.19. The quantitative estimate of drug-likeness (QED) is 0.460. The lowest BCUT2D eigenvalue weighted by atomic mass is 10.2. The van der Waals surface area contributed by atoms with Gasteiger partial charge in [0.15, 0.2) is 5.16 Å². The molecular formula is C17H20N6O3S. The van der Waals surface area contributed by atoms with E-state index in [1.165, 1.54) is 0 Å². The van der Waals surface area contributed by atoms with E-state index in [1.807, 2.05) is 12.1 Å². The first-order chi connectivity index (χ1) is 13.3. The Morgan fingerprint density at radius 1 is 1.33 bits per heavy atom. The van der Waals surface area contributed by atoms with Gasteiger partial charge >= 0.3 is 5.69 Å². The Labute approximate surface area is 159 Å². The van der Waals surface area contributed by atoms with E-state index in [4.69, 9.17) is 9.26 Å². The van der Waals surface area contributed by atoms with Crippen LogP contribution in [0.4, 0.5) is 0 Å². The lowest BCUT2D eigenvalue weighted by Crippen LogP contribution is -2.25. The predicted molar refractivity (Wildman–Crippen MR) is 98.4 cm³/mol. The van der Waals surface area contributed by atoms with Gasteiger partial charge in [-0.25, -0.2) is 9.89 Å². The van der Waals surface area contributed by atoms with Crippen LogP contribution in [0.15, 0.2) is 39.0 Å². The first-order valence-corrected chi connectivity index (χ1v) is 9.91. The van der Waals surface area contributed by atoms with Crippen LogP contribution in [-0.4, -0.2) is 48.4 Å². The fourth-order valence-corrected chi connectivity index (χ4v) is 3.82. The van der Waals surface area contributed by atoms with Crippen LogP contribution >= 0.6 is 11.8 Å². The van der Waals surface area contributed by atoms with E-state index in [0.29, 0.717) is 29.8 Å². The average Bonchev–Trinajstić information content (AvgIpc) is 3.44. The molecule has 0 bridgehead atoms. The number of rotatable bonds is 8. The van der Waals surface area contributed by atoms with Gasteiger partial charge in [0, 0.05) is 36.7 Å². The zero-order valence-electron chi connectivity index (χ0n) is 14.7. The zero-order valence-corrected chi connectivity index (χ0v) is 15.5. The van der Waals surface area contributed by atoms with Crippen molar-refractivity contribution in [2.45, 2.75) is 43.5 Å². The second-order valence-electron chi connectivity index (χ2n) is 6.26. The summed E-state index contributed by atoms with van der Waals surface area (Å²) in [6, 6.07) is 3.69. The minimum Gasteiger partial charge on any atom is -0.376 e. The molecule has 1 aliphatic rings. The van der Waals surface area contributed by atoms with Crippen molar-refractivity contribution in [3.05, 3.63) is 40.9 Å². The average molecular weight is 388 g/mol. The largest absolute Gasteiger partial charge is 0.376 e. The minimum absolute atomic E-state index is 0.102. The van der Waals surface area contributed by atoms with Crippen LogP contribution in [0, 0.1) is 0 Å². The fraction of sp³-hybridized carbons (Fsp3) is 0.471. The molecule has 3 aromatic heterocycles. The first-order valence-electron chi connectivity index (χ1n) is 8.92. The normalized spacial score (nSPS) is 16.8. The maximum Gasteiger partial charge on any atom is 0.344 e. The van der Waals surface area contributed by atoms with Crippen molar-refractivity contribution in [2.75, 3.05) is 12.4 Å². The molecule has 0 spiro atoms. The minimum atomic E-state index is -0.188. The third kappa shape index (κ3) is 4.45. The molecule has 1 N–H and O–H groups in total. The summed E-state index contributed by atoms with van der Waals surface area (Å²) in [6.07, 6.45) is 7.04. The van der Waals surface area contributed by atoms with Crippen molar-refractivity contribution in [1.82, 2.24) is 29.9 Å². The van der Waals surface area contributed by atoms with E-state index in [1.54, 1.807) is 28.7 Å². The molecule has 0 radical (unpaired) electrons. The van der Waals surface area contributed by atoms with Crippen LogP contribution in [0.25, 0.3) is 11.4 Å². The van der Waals surface area contributed by atoms with Gasteiger partial charge in [0.1, 0.15) is 0 Å². The molecule has 1 atom stereocenters. The molecule has 1 fully saturated rings. The second-order valence-corrected chi connectivity index (χ2v) is 7.32. The summed E-state index contributed by atoms with van der Waals surface area (Å²) in [5.74, 6) is 1.96. The summed E-state index contributed by atoms with van der Waals surface area (Å²) in [6.45, 7) is 1.32. The van der Waals surface area contributed by atoms with E-state index < -0.39 is 0 Å². The van der Waals surface area contributed by atoms with Crippen LogP contribution in [0.2, 0.25) is 0 Å². The Morgan fingerprint density at radius 3 is 3.04 bits per heavy atom. The number of ether oxygens (including phenoxy) is 1. The van der Waals surface area contributed by atoms with Crippen LogP contribution in [0.1, 0.15) is 25.2 Å². The molecular weight excluding hydrogens is 368 g/mol. The van der Waals surface area contributed by atoms with E-state index in [-0.39, 0.29) is 11.8 Å². The molecule has 0 aromatic carbocycles. The van der Waals surface area contributed by atoms with E-state index in [2.05, 4.69) is 25.3 Å². The highest BCUT2D eigenvalue weighted by atomic mass is 32.2. The predicted octanol–water partition coefficient (Wildman–Crippen LogP) is 1.92. The second kappa shape index (κ2) is 8.49. The summed E-state index contributed by atoms with van der Waals surface area (Å²) >= 11 is 1.54. The molecule has 4 heterocycles. The summed E-state index contributed by atoms with van der Waals surface area (Å²) in [5, 5.41) is 11.3. The van der Waals surface area contributed by atoms with E-state index >= 15 is 0 Å². The SMILES string of the molecule is O=c1[nH]nc(SCCCc2nc(-c3ccncc3)no2)n1CC1CCCO1. The number of H-pyrrole nitrogens is 1. The topological polar surface area (TPSA) is 112 Å². The van der Waals surface area contributed by atoms with Crippen molar-refractivity contribution >= 4 is 11.8 Å².